The zero-order valence-corrected chi connectivity index (χ0v) is 23.1. The van der Waals surface area contributed by atoms with Crippen molar-refractivity contribution in [2.75, 3.05) is 37.6 Å². The van der Waals surface area contributed by atoms with Crippen LogP contribution in [-0.2, 0) is 21.0 Å². The lowest BCUT2D eigenvalue weighted by atomic mass is 9.93. The van der Waals surface area contributed by atoms with Gasteiger partial charge in [0.15, 0.2) is 0 Å². The van der Waals surface area contributed by atoms with Gasteiger partial charge in [0.2, 0.25) is 5.91 Å². The van der Waals surface area contributed by atoms with Gasteiger partial charge in [-0.2, -0.15) is 13.2 Å². The monoisotopic (exact) mass is 599 g/mol. The largest absolute Gasteiger partial charge is 0.417 e. The molecule has 3 aliphatic rings. The van der Waals surface area contributed by atoms with Crippen molar-refractivity contribution in [2.45, 2.75) is 55.3 Å². The Morgan fingerprint density at radius 2 is 1.65 bits per heavy atom. The molecule has 3 fully saturated rings. The first-order valence-corrected chi connectivity index (χ1v) is 15.0. The molecule has 1 aliphatic carbocycles. The van der Waals surface area contributed by atoms with Gasteiger partial charge in [-0.15, -0.1) is 0 Å². The summed E-state index contributed by atoms with van der Waals surface area (Å²) in [5, 5.41) is -0.138. The predicted molar refractivity (Wildman–Crippen MR) is 141 cm³/mol. The molecular weight excluding hydrogens is 571 g/mol. The van der Waals surface area contributed by atoms with Gasteiger partial charge in [0, 0.05) is 38.4 Å². The van der Waals surface area contributed by atoms with Crippen LogP contribution in [0.3, 0.4) is 0 Å². The summed E-state index contributed by atoms with van der Waals surface area (Å²) in [4.78, 5) is 36.0. The van der Waals surface area contributed by atoms with Gasteiger partial charge in [-0.1, -0.05) is 49.1 Å². The van der Waals surface area contributed by atoms with Gasteiger partial charge in [0.05, 0.1) is 22.0 Å². The lowest BCUT2D eigenvalue weighted by Crippen LogP contribution is -2.56. The average Bonchev–Trinajstić information content (AvgIpc) is 3.31. The molecule has 0 unspecified atom stereocenters. The highest BCUT2D eigenvalue weighted by Crippen LogP contribution is 2.35. The molecule has 1 aromatic carbocycles. The van der Waals surface area contributed by atoms with E-state index in [2.05, 4.69) is 4.98 Å². The summed E-state index contributed by atoms with van der Waals surface area (Å²) in [7, 11) is -4.16. The number of amides is 3. The van der Waals surface area contributed by atoms with Gasteiger partial charge < -0.3 is 14.7 Å². The Kier molecular flexibility index (Phi) is 7.88. The average molecular weight is 600 g/mol. The molecule has 1 aromatic heterocycles. The fourth-order valence-corrected chi connectivity index (χ4v) is 7.32. The van der Waals surface area contributed by atoms with E-state index in [9.17, 15) is 31.2 Å². The number of benzene rings is 1. The first-order valence-electron chi connectivity index (χ1n) is 13.1. The lowest BCUT2D eigenvalue weighted by molar-refractivity contribution is -0.138. The second-order valence-electron chi connectivity index (χ2n) is 10.2. The van der Waals surface area contributed by atoms with Crippen molar-refractivity contribution < 1.29 is 31.2 Å². The maximum absolute atomic E-state index is 13.8. The summed E-state index contributed by atoms with van der Waals surface area (Å²) in [5.74, 6) is -0.155. The normalized spacial score (nSPS) is 21.3. The molecule has 9 nitrogen and oxygen atoms in total. The third kappa shape index (κ3) is 5.45. The van der Waals surface area contributed by atoms with Crippen molar-refractivity contribution >= 4 is 39.4 Å². The van der Waals surface area contributed by atoms with Gasteiger partial charge >= 0.3 is 12.2 Å². The smallest absolute Gasteiger partial charge is 0.352 e. The van der Waals surface area contributed by atoms with Crippen LogP contribution in [0.5, 0.6) is 0 Å². The number of aromatic nitrogens is 1. The molecule has 3 amide bonds. The van der Waals surface area contributed by atoms with E-state index >= 15 is 0 Å². The zero-order chi connectivity index (χ0) is 28.7. The summed E-state index contributed by atoms with van der Waals surface area (Å²) >= 11 is 6.11. The van der Waals surface area contributed by atoms with Crippen molar-refractivity contribution in [3.05, 3.63) is 53.2 Å². The van der Waals surface area contributed by atoms with Gasteiger partial charge in [-0.25, -0.2) is 22.5 Å². The van der Waals surface area contributed by atoms with Crippen LogP contribution in [0.4, 0.5) is 23.8 Å². The van der Waals surface area contributed by atoms with Gasteiger partial charge in [0.25, 0.3) is 10.0 Å². The Balaban J connectivity index is 1.34. The topological polar surface area (TPSA) is 94.1 Å². The number of carbonyl (C=O) groups excluding carboxylic acids is 2. The Morgan fingerprint density at radius 3 is 2.25 bits per heavy atom. The number of rotatable bonds is 5. The molecule has 14 heteroatoms. The number of urea groups is 1. The van der Waals surface area contributed by atoms with Crippen LogP contribution in [-0.4, -0.2) is 84.3 Å². The van der Waals surface area contributed by atoms with E-state index in [-0.39, 0.29) is 60.4 Å². The Hall–Kier alpha value is -3.06. The number of alkyl halides is 3. The molecule has 1 atom stereocenters. The van der Waals surface area contributed by atoms with E-state index in [0.29, 0.717) is 12.8 Å². The number of carbonyl (C=O) groups is 2. The molecule has 2 aromatic rings. The van der Waals surface area contributed by atoms with E-state index in [1.165, 1.54) is 17.0 Å². The van der Waals surface area contributed by atoms with Crippen molar-refractivity contribution in [1.29, 1.82) is 0 Å². The van der Waals surface area contributed by atoms with Crippen molar-refractivity contribution in [3.8, 4) is 0 Å². The number of pyridine rings is 1. The standard InChI is InChI=1S/C26H29ClF3N5O4S/c27-21-15-18(26(28,29)30)16-31-23(21)32-11-13-33(14-12-32)24(36)22-17-34(40(38,39)20-9-5-2-6-10-20)25(37)35(22)19-7-3-1-4-8-19/h2,5-6,9-10,15-16,19,22H,1,3-4,7-8,11-14,17H2/t22-/m0/s1. The van der Waals surface area contributed by atoms with E-state index in [0.717, 1.165) is 35.8 Å². The molecule has 0 N–H and O–H groups in total. The maximum Gasteiger partial charge on any atom is 0.417 e. The molecule has 5 rings (SSSR count). The van der Waals surface area contributed by atoms with E-state index in [4.69, 9.17) is 11.6 Å². The van der Waals surface area contributed by atoms with Crippen LogP contribution in [0, 0.1) is 0 Å². The number of piperazine rings is 1. The second kappa shape index (κ2) is 11.1. The lowest BCUT2D eigenvalue weighted by Gasteiger charge is -2.39. The molecule has 0 radical (unpaired) electrons. The highest BCUT2D eigenvalue weighted by Gasteiger charge is 2.50. The van der Waals surface area contributed by atoms with Crippen LogP contribution in [0.25, 0.3) is 0 Å². The molecule has 1 saturated carbocycles. The third-order valence-electron chi connectivity index (χ3n) is 7.73. The fourth-order valence-electron chi connectivity index (χ4n) is 5.64. The number of anilines is 1. The number of hydrogen-bond donors (Lipinski definition) is 0. The number of nitrogens with zero attached hydrogens (tertiary/aromatic N) is 5. The van der Waals surface area contributed by atoms with Crippen LogP contribution in [0.15, 0.2) is 47.5 Å². The quantitative estimate of drug-likeness (QED) is 0.511. The Bertz CT molecular complexity index is 1360. The summed E-state index contributed by atoms with van der Waals surface area (Å²) in [6.07, 6.45) is 0.353. The molecule has 216 valence electrons. The Labute approximate surface area is 235 Å². The SMILES string of the molecule is O=C([C@@H]1CN(S(=O)(=O)c2ccccc2)C(=O)N1C1CCCCC1)N1CCN(c2ncc(C(F)(F)F)cc2Cl)CC1. The highest BCUT2D eigenvalue weighted by atomic mass is 35.5. The van der Waals surface area contributed by atoms with E-state index < -0.39 is 33.8 Å². The van der Waals surface area contributed by atoms with Gasteiger partial charge in [-0.3, -0.25) is 4.79 Å². The summed E-state index contributed by atoms with van der Waals surface area (Å²) in [6.45, 7) is 0.677. The van der Waals surface area contributed by atoms with Crippen molar-refractivity contribution in [2.24, 2.45) is 0 Å². The van der Waals surface area contributed by atoms with Crippen molar-refractivity contribution in [3.63, 3.8) is 0 Å². The van der Waals surface area contributed by atoms with E-state index in [1.807, 2.05) is 0 Å². The minimum absolute atomic E-state index is 0.0189. The summed E-state index contributed by atoms with van der Waals surface area (Å²) < 4.78 is 66.6. The molecule has 3 heterocycles. The Morgan fingerprint density at radius 1 is 1.00 bits per heavy atom. The maximum atomic E-state index is 13.8. The highest BCUT2D eigenvalue weighted by molar-refractivity contribution is 7.89. The fraction of sp³-hybridized carbons (Fsp3) is 0.500. The molecule has 2 aliphatic heterocycles. The first kappa shape index (κ1) is 28.5. The first-order chi connectivity index (χ1) is 19.0. The molecule has 40 heavy (non-hydrogen) atoms. The van der Waals surface area contributed by atoms with Crippen LogP contribution in [0.1, 0.15) is 37.7 Å². The molecule has 0 spiro atoms. The van der Waals surface area contributed by atoms with Gasteiger partial charge in [-0.05, 0) is 31.0 Å². The number of halogens is 4. The molecular formula is C26H29ClF3N5O4S. The summed E-state index contributed by atoms with van der Waals surface area (Å²) in [5.41, 5.74) is -0.946. The van der Waals surface area contributed by atoms with Crippen LogP contribution in [0.2, 0.25) is 5.02 Å². The summed E-state index contributed by atoms with van der Waals surface area (Å²) in [6, 6.07) is 6.61. The molecule has 2 saturated heterocycles. The third-order valence-corrected chi connectivity index (χ3v) is 9.76. The van der Waals surface area contributed by atoms with E-state index in [1.54, 1.807) is 28.0 Å². The molecule has 0 bridgehead atoms. The number of hydrogen-bond acceptors (Lipinski definition) is 6. The van der Waals surface area contributed by atoms with Crippen LogP contribution < -0.4 is 4.90 Å². The predicted octanol–water partition coefficient (Wildman–Crippen LogP) is 4.23. The minimum atomic E-state index is -4.56. The second-order valence-corrected chi connectivity index (χ2v) is 12.5. The van der Waals surface area contributed by atoms with Crippen molar-refractivity contribution in [1.82, 2.24) is 19.1 Å². The van der Waals surface area contributed by atoms with Gasteiger partial charge in [0.1, 0.15) is 11.9 Å². The zero-order valence-electron chi connectivity index (χ0n) is 21.6. The minimum Gasteiger partial charge on any atom is -0.352 e. The number of sulfonamides is 1. The van der Waals surface area contributed by atoms with Crippen LogP contribution >= 0.6 is 11.6 Å².